The minimum Gasteiger partial charge on any atom is -0.463 e. The minimum absolute atomic E-state index is 0.0245. The molecule has 2 saturated carbocycles. The van der Waals surface area contributed by atoms with Gasteiger partial charge in [-0.25, -0.2) is 4.79 Å². The molecule has 5 nitrogen and oxygen atoms in total. The molecule has 0 amide bonds. The molecule has 0 spiro atoms. The van der Waals surface area contributed by atoms with Gasteiger partial charge in [-0.15, -0.1) is 0 Å². The van der Waals surface area contributed by atoms with E-state index in [1.54, 1.807) is 0 Å². The van der Waals surface area contributed by atoms with Crippen molar-refractivity contribution in [1.82, 2.24) is 0 Å². The highest BCUT2D eigenvalue weighted by Crippen LogP contribution is 2.31. The fraction of sp³-hybridized carbons (Fsp3) is 0.826. The summed E-state index contributed by atoms with van der Waals surface area (Å²) in [6, 6.07) is 0. The van der Waals surface area contributed by atoms with Gasteiger partial charge in [0.2, 0.25) is 0 Å². The average Bonchev–Trinajstić information content (AvgIpc) is 2.74. The lowest BCUT2D eigenvalue weighted by molar-refractivity contribution is -0.158. The summed E-state index contributed by atoms with van der Waals surface area (Å²) in [5, 5.41) is 0. The first-order chi connectivity index (χ1) is 14.8. The Morgan fingerprint density at radius 1 is 0.935 bits per heavy atom. The van der Waals surface area contributed by atoms with Crippen LogP contribution in [0.25, 0.3) is 0 Å². The third-order valence-corrected chi connectivity index (χ3v) is 5.92. The maximum atomic E-state index is 12.5. The molecule has 0 atom stereocenters. The Morgan fingerprint density at radius 3 is 2.19 bits per heavy atom. The van der Waals surface area contributed by atoms with Gasteiger partial charge in [0.25, 0.3) is 0 Å². The summed E-state index contributed by atoms with van der Waals surface area (Å²) >= 11 is 0. The Labute approximate surface area is 182 Å². The van der Waals surface area contributed by atoms with Crippen molar-refractivity contribution in [3.8, 4) is 0 Å². The van der Waals surface area contributed by atoms with E-state index in [0.29, 0.717) is 38.2 Å². The highest BCUT2D eigenvalue weighted by molar-refractivity contribution is 5.81. The molecule has 0 heterocycles. The molecular formula is C23H35F3O5. The van der Waals surface area contributed by atoms with Crippen LogP contribution in [0, 0.1) is 11.8 Å². The second-order valence-corrected chi connectivity index (χ2v) is 8.56. The van der Waals surface area contributed by atoms with Gasteiger partial charge in [0, 0.05) is 19.1 Å². The molecule has 8 heteroatoms. The van der Waals surface area contributed by atoms with E-state index in [0.717, 1.165) is 32.1 Å². The number of carbonyl (C=O) groups is 2. The number of alkyl halides is 3. The van der Waals surface area contributed by atoms with Crippen LogP contribution in [0.3, 0.4) is 0 Å². The Morgan fingerprint density at radius 2 is 1.58 bits per heavy atom. The van der Waals surface area contributed by atoms with Crippen molar-refractivity contribution < 1.29 is 37.0 Å². The summed E-state index contributed by atoms with van der Waals surface area (Å²) in [6.07, 6.45) is 5.02. The van der Waals surface area contributed by atoms with Crippen molar-refractivity contribution in [1.29, 1.82) is 0 Å². The molecule has 0 aliphatic heterocycles. The van der Waals surface area contributed by atoms with E-state index in [1.807, 2.05) is 13.0 Å². The fourth-order valence-corrected chi connectivity index (χ4v) is 4.11. The summed E-state index contributed by atoms with van der Waals surface area (Å²) < 4.78 is 52.7. The molecule has 0 aromatic carbocycles. The molecule has 2 rings (SSSR count). The monoisotopic (exact) mass is 448 g/mol. The van der Waals surface area contributed by atoms with Crippen molar-refractivity contribution in [2.45, 2.75) is 95.9 Å². The first-order valence-corrected chi connectivity index (χ1v) is 11.5. The predicted molar refractivity (Wildman–Crippen MR) is 109 cm³/mol. The summed E-state index contributed by atoms with van der Waals surface area (Å²) in [5.41, 5.74) is 0. The van der Waals surface area contributed by atoms with E-state index in [4.69, 9.17) is 14.2 Å². The predicted octanol–water partition coefficient (Wildman–Crippen LogP) is 5.52. The summed E-state index contributed by atoms with van der Waals surface area (Å²) in [5.74, 6) is -0.331. The van der Waals surface area contributed by atoms with Gasteiger partial charge in [-0.1, -0.05) is 13.0 Å². The Balaban J connectivity index is 1.59. The van der Waals surface area contributed by atoms with Gasteiger partial charge in [-0.05, 0) is 70.1 Å². The van der Waals surface area contributed by atoms with Crippen molar-refractivity contribution in [2.75, 3.05) is 13.2 Å². The maximum Gasteiger partial charge on any atom is 0.389 e. The Hall–Kier alpha value is -1.57. The molecule has 0 aromatic rings. The van der Waals surface area contributed by atoms with Crippen molar-refractivity contribution >= 4 is 11.9 Å². The van der Waals surface area contributed by atoms with E-state index < -0.39 is 12.6 Å². The van der Waals surface area contributed by atoms with Gasteiger partial charge in [0.1, 0.15) is 6.10 Å². The molecule has 0 N–H and O–H groups in total. The molecule has 2 fully saturated rings. The van der Waals surface area contributed by atoms with Crippen molar-refractivity contribution in [2.24, 2.45) is 11.8 Å². The molecule has 0 unspecified atom stereocenters. The number of allylic oxidation sites excluding steroid dienone is 1. The van der Waals surface area contributed by atoms with Crippen LogP contribution in [0.1, 0.15) is 77.6 Å². The van der Waals surface area contributed by atoms with Gasteiger partial charge in [-0.2, -0.15) is 13.2 Å². The SMILES string of the molecule is CCCOC(=O)/C=C/C1CCC(OC(=O)C2CCC(OCCCC(F)(F)F)CC2)CC1. The van der Waals surface area contributed by atoms with Gasteiger partial charge in [0.15, 0.2) is 0 Å². The van der Waals surface area contributed by atoms with Crippen molar-refractivity contribution in [3.63, 3.8) is 0 Å². The lowest BCUT2D eigenvalue weighted by Gasteiger charge is -2.31. The lowest BCUT2D eigenvalue weighted by atomic mass is 9.86. The zero-order valence-electron chi connectivity index (χ0n) is 18.3. The van der Waals surface area contributed by atoms with Crippen LogP contribution >= 0.6 is 0 Å². The molecule has 0 saturated heterocycles. The summed E-state index contributed by atoms with van der Waals surface area (Å²) in [6.45, 7) is 2.48. The fourth-order valence-electron chi connectivity index (χ4n) is 4.11. The number of carbonyl (C=O) groups excluding carboxylic acids is 2. The largest absolute Gasteiger partial charge is 0.463 e. The normalized spacial score (nSPS) is 27.2. The molecule has 0 aromatic heterocycles. The van der Waals surface area contributed by atoms with Crippen LogP contribution in [-0.4, -0.2) is 43.5 Å². The van der Waals surface area contributed by atoms with Crippen LogP contribution in [-0.2, 0) is 23.8 Å². The van der Waals surface area contributed by atoms with E-state index in [1.165, 1.54) is 6.08 Å². The minimum atomic E-state index is -4.14. The molecular weight excluding hydrogens is 413 g/mol. The van der Waals surface area contributed by atoms with Gasteiger partial charge in [0.05, 0.1) is 18.6 Å². The van der Waals surface area contributed by atoms with E-state index in [-0.39, 0.29) is 43.1 Å². The lowest BCUT2D eigenvalue weighted by Crippen LogP contribution is -2.31. The average molecular weight is 449 g/mol. The van der Waals surface area contributed by atoms with Gasteiger partial charge in [-0.3, -0.25) is 4.79 Å². The van der Waals surface area contributed by atoms with Crippen LogP contribution < -0.4 is 0 Å². The number of hydrogen-bond acceptors (Lipinski definition) is 5. The number of rotatable bonds is 10. The summed E-state index contributed by atoms with van der Waals surface area (Å²) in [4.78, 5) is 24.0. The molecule has 0 radical (unpaired) electrons. The quantitative estimate of drug-likeness (QED) is 0.250. The number of esters is 2. The molecule has 2 aliphatic carbocycles. The molecule has 0 bridgehead atoms. The topological polar surface area (TPSA) is 61.8 Å². The third kappa shape index (κ3) is 10.5. The van der Waals surface area contributed by atoms with E-state index in [9.17, 15) is 22.8 Å². The molecule has 178 valence electrons. The van der Waals surface area contributed by atoms with Gasteiger partial charge < -0.3 is 14.2 Å². The molecule has 2 aliphatic rings. The smallest absolute Gasteiger partial charge is 0.389 e. The van der Waals surface area contributed by atoms with Crippen LogP contribution in [0.15, 0.2) is 12.2 Å². The maximum absolute atomic E-state index is 12.5. The highest BCUT2D eigenvalue weighted by Gasteiger charge is 2.31. The summed E-state index contributed by atoms with van der Waals surface area (Å²) in [7, 11) is 0. The molecule has 31 heavy (non-hydrogen) atoms. The highest BCUT2D eigenvalue weighted by atomic mass is 19.4. The Kier molecular flexibility index (Phi) is 10.8. The van der Waals surface area contributed by atoms with Crippen molar-refractivity contribution in [3.05, 3.63) is 12.2 Å². The zero-order valence-corrected chi connectivity index (χ0v) is 18.3. The third-order valence-electron chi connectivity index (χ3n) is 5.92. The van der Waals surface area contributed by atoms with E-state index in [2.05, 4.69) is 0 Å². The first-order valence-electron chi connectivity index (χ1n) is 11.5. The van der Waals surface area contributed by atoms with Crippen LogP contribution in [0.2, 0.25) is 0 Å². The zero-order chi connectivity index (χ0) is 22.7. The first kappa shape index (κ1) is 25.7. The van der Waals surface area contributed by atoms with Gasteiger partial charge >= 0.3 is 18.1 Å². The Bertz CT molecular complexity index is 574. The number of ether oxygens (including phenoxy) is 3. The van der Waals surface area contributed by atoms with E-state index >= 15 is 0 Å². The second kappa shape index (κ2) is 13.1. The number of halogens is 3. The second-order valence-electron chi connectivity index (χ2n) is 8.56. The van der Waals surface area contributed by atoms with Crippen LogP contribution in [0.4, 0.5) is 13.2 Å². The standard InChI is InChI=1S/C23H35F3O5/c1-2-15-30-21(27)13-6-17-4-9-20(10-5-17)31-22(28)18-7-11-19(12-8-18)29-16-3-14-23(24,25)26/h6,13,17-20H,2-5,7-12,14-16H2,1H3/b13-6+. The van der Waals surface area contributed by atoms with Crippen LogP contribution in [0.5, 0.6) is 0 Å². The number of hydrogen-bond donors (Lipinski definition) is 0.